The molecule has 126 valence electrons. The molecule has 0 amide bonds. The molecule has 0 radical (unpaired) electrons. The number of furan rings is 1. The van der Waals surface area contributed by atoms with Crippen molar-refractivity contribution in [2.24, 2.45) is 10.7 Å². The molecule has 1 unspecified atom stereocenters. The summed E-state index contributed by atoms with van der Waals surface area (Å²) >= 11 is 0. The number of nitrogens with one attached hydrogen (secondary N) is 1. The van der Waals surface area contributed by atoms with E-state index < -0.39 is 0 Å². The number of likely N-dealkylation sites (tertiary alicyclic amines) is 1. The predicted octanol–water partition coefficient (Wildman–Crippen LogP) is 3.05. The van der Waals surface area contributed by atoms with Crippen LogP contribution in [0.5, 0.6) is 0 Å². The highest BCUT2D eigenvalue weighted by Crippen LogP contribution is 2.26. The van der Waals surface area contributed by atoms with E-state index in [-0.39, 0.29) is 35.6 Å². The van der Waals surface area contributed by atoms with Crippen LogP contribution in [0.15, 0.2) is 21.5 Å². The Morgan fingerprint density at radius 1 is 1.36 bits per heavy atom. The first-order chi connectivity index (χ1) is 9.85. The van der Waals surface area contributed by atoms with Crippen molar-refractivity contribution in [3.05, 3.63) is 23.7 Å². The number of aryl methyl sites for hydroxylation is 1. The van der Waals surface area contributed by atoms with E-state index in [1.165, 1.54) is 12.8 Å². The van der Waals surface area contributed by atoms with Crippen molar-refractivity contribution < 1.29 is 4.42 Å². The number of nitrogens with two attached hydrogens (primary N) is 1. The fourth-order valence-corrected chi connectivity index (χ4v) is 2.68. The summed E-state index contributed by atoms with van der Waals surface area (Å²) in [6, 6.07) is 4.25. The molecular formula is C16H29IN4O. The summed E-state index contributed by atoms with van der Waals surface area (Å²) in [7, 11) is 0. The van der Waals surface area contributed by atoms with Gasteiger partial charge in [0.1, 0.15) is 11.5 Å². The van der Waals surface area contributed by atoms with Gasteiger partial charge in [0, 0.05) is 5.54 Å². The van der Waals surface area contributed by atoms with E-state index in [4.69, 9.17) is 10.2 Å². The SMILES string of the molecule is Cc1ccc(C(CN=C(N)NC(C)(C)C)N2CCCC2)o1.I. The Hall–Kier alpha value is -0.760. The maximum atomic E-state index is 5.98. The first-order valence-electron chi connectivity index (χ1n) is 7.74. The summed E-state index contributed by atoms with van der Waals surface area (Å²) in [5.41, 5.74) is 5.91. The van der Waals surface area contributed by atoms with Crippen molar-refractivity contribution in [1.82, 2.24) is 10.2 Å². The minimum absolute atomic E-state index is 0. The second-order valence-electron chi connectivity index (χ2n) is 6.81. The van der Waals surface area contributed by atoms with Crippen LogP contribution in [0, 0.1) is 6.92 Å². The largest absolute Gasteiger partial charge is 0.465 e. The van der Waals surface area contributed by atoms with Crippen molar-refractivity contribution in [1.29, 1.82) is 0 Å². The van der Waals surface area contributed by atoms with Crippen LogP contribution in [0.4, 0.5) is 0 Å². The van der Waals surface area contributed by atoms with E-state index in [1.54, 1.807) is 0 Å². The molecule has 1 atom stereocenters. The lowest BCUT2D eigenvalue weighted by molar-refractivity contribution is 0.219. The minimum Gasteiger partial charge on any atom is -0.465 e. The summed E-state index contributed by atoms with van der Waals surface area (Å²) in [6.45, 7) is 11.0. The van der Waals surface area contributed by atoms with Crippen molar-refractivity contribution in [3.63, 3.8) is 0 Å². The Balaban J connectivity index is 0.00000242. The smallest absolute Gasteiger partial charge is 0.189 e. The van der Waals surface area contributed by atoms with Crippen LogP contribution in [-0.2, 0) is 0 Å². The Bertz CT molecular complexity index is 487. The van der Waals surface area contributed by atoms with Gasteiger partial charge in [0.05, 0.1) is 12.6 Å². The highest BCUT2D eigenvalue weighted by atomic mass is 127. The zero-order valence-corrected chi connectivity index (χ0v) is 16.4. The standard InChI is InChI=1S/C16H28N4O.HI/c1-12-7-8-14(21-12)13(20-9-5-6-10-20)11-18-15(17)19-16(2,3)4;/h7-8,13H,5-6,9-11H2,1-4H3,(H3,17,18,19);1H. The van der Waals surface area contributed by atoms with Gasteiger partial charge < -0.3 is 15.5 Å². The highest BCUT2D eigenvalue weighted by Gasteiger charge is 2.25. The second-order valence-corrected chi connectivity index (χ2v) is 6.81. The van der Waals surface area contributed by atoms with E-state index in [0.717, 1.165) is 24.6 Å². The third-order valence-corrected chi connectivity index (χ3v) is 3.61. The molecule has 5 nitrogen and oxygen atoms in total. The van der Waals surface area contributed by atoms with Crippen LogP contribution in [0.1, 0.15) is 51.2 Å². The van der Waals surface area contributed by atoms with E-state index >= 15 is 0 Å². The van der Waals surface area contributed by atoms with Crippen molar-refractivity contribution in [3.8, 4) is 0 Å². The average molecular weight is 420 g/mol. The van der Waals surface area contributed by atoms with Gasteiger partial charge in [-0.2, -0.15) is 0 Å². The Morgan fingerprint density at radius 3 is 2.50 bits per heavy atom. The van der Waals surface area contributed by atoms with Gasteiger partial charge in [0.2, 0.25) is 0 Å². The summed E-state index contributed by atoms with van der Waals surface area (Å²) in [6.07, 6.45) is 2.49. The molecule has 0 bridgehead atoms. The number of nitrogens with zero attached hydrogens (tertiary/aromatic N) is 2. The molecular weight excluding hydrogens is 391 g/mol. The molecule has 0 spiro atoms. The maximum Gasteiger partial charge on any atom is 0.189 e. The molecule has 6 heteroatoms. The first kappa shape index (κ1) is 19.3. The number of aliphatic imine (C=N–C) groups is 1. The number of guanidine groups is 1. The van der Waals surface area contributed by atoms with Crippen molar-refractivity contribution in [2.45, 2.75) is 52.1 Å². The van der Waals surface area contributed by atoms with Gasteiger partial charge in [-0.3, -0.25) is 9.89 Å². The normalized spacial score (nSPS) is 18.1. The molecule has 1 saturated heterocycles. The molecule has 1 aliphatic rings. The fraction of sp³-hybridized carbons (Fsp3) is 0.688. The van der Waals surface area contributed by atoms with E-state index in [2.05, 4.69) is 42.0 Å². The number of halogens is 1. The zero-order chi connectivity index (χ0) is 15.5. The van der Waals surface area contributed by atoms with Crippen LogP contribution < -0.4 is 11.1 Å². The summed E-state index contributed by atoms with van der Waals surface area (Å²) in [5, 5.41) is 3.20. The van der Waals surface area contributed by atoms with Gasteiger partial charge >= 0.3 is 0 Å². The van der Waals surface area contributed by atoms with Gasteiger partial charge in [-0.1, -0.05) is 0 Å². The Labute approximate surface area is 150 Å². The molecule has 1 aromatic rings. The molecule has 0 aliphatic carbocycles. The van der Waals surface area contributed by atoms with Crippen LogP contribution in [-0.4, -0.2) is 36.0 Å². The fourth-order valence-electron chi connectivity index (χ4n) is 2.68. The lowest BCUT2D eigenvalue weighted by atomic mass is 10.1. The second kappa shape index (κ2) is 8.19. The summed E-state index contributed by atoms with van der Waals surface area (Å²) < 4.78 is 5.82. The molecule has 1 aromatic heterocycles. The Morgan fingerprint density at radius 2 is 2.00 bits per heavy atom. The number of rotatable bonds is 4. The summed E-state index contributed by atoms with van der Waals surface area (Å²) in [5.74, 6) is 2.43. The monoisotopic (exact) mass is 420 g/mol. The average Bonchev–Trinajstić information content (AvgIpc) is 2.99. The van der Waals surface area contributed by atoms with Gasteiger partial charge in [-0.15, -0.1) is 24.0 Å². The molecule has 2 heterocycles. The van der Waals surface area contributed by atoms with Gasteiger partial charge in [0.15, 0.2) is 5.96 Å². The van der Waals surface area contributed by atoms with Crippen molar-refractivity contribution in [2.75, 3.05) is 19.6 Å². The Kier molecular flexibility index (Phi) is 7.18. The molecule has 22 heavy (non-hydrogen) atoms. The molecule has 0 saturated carbocycles. The maximum absolute atomic E-state index is 5.98. The molecule has 0 aromatic carbocycles. The third kappa shape index (κ3) is 5.79. The van der Waals surface area contributed by atoms with Crippen LogP contribution >= 0.6 is 24.0 Å². The lowest BCUT2D eigenvalue weighted by Crippen LogP contribution is -2.45. The van der Waals surface area contributed by atoms with Gasteiger partial charge in [-0.25, -0.2) is 0 Å². The van der Waals surface area contributed by atoms with E-state index in [9.17, 15) is 0 Å². The molecule has 2 rings (SSSR count). The van der Waals surface area contributed by atoms with Gasteiger partial charge in [-0.05, 0) is 65.8 Å². The third-order valence-electron chi connectivity index (χ3n) is 3.61. The molecule has 1 fully saturated rings. The van der Waals surface area contributed by atoms with Crippen molar-refractivity contribution >= 4 is 29.9 Å². The summed E-state index contributed by atoms with van der Waals surface area (Å²) in [4.78, 5) is 6.96. The number of hydrogen-bond acceptors (Lipinski definition) is 3. The predicted molar refractivity (Wildman–Crippen MR) is 102 cm³/mol. The highest BCUT2D eigenvalue weighted by molar-refractivity contribution is 14.0. The van der Waals surface area contributed by atoms with E-state index in [0.29, 0.717) is 12.5 Å². The van der Waals surface area contributed by atoms with Crippen LogP contribution in [0.2, 0.25) is 0 Å². The van der Waals surface area contributed by atoms with Gasteiger partial charge in [0.25, 0.3) is 0 Å². The van der Waals surface area contributed by atoms with Crippen LogP contribution in [0.3, 0.4) is 0 Å². The first-order valence-corrected chi connectivity index (χ1v) is 7.74. The quantitative estimate of drug-likeness (QED) is 0.447. The lowest BCUT2D eigenvalue weighted by Gasteiger charge is -2.25. The zero-order valence-electron chi connectivity index (χ0n) is 14.1. The topological polar surface area (TPSA) is 66.8 Å². The van der Waals surface area contributed by atoms with Crippen LogP contribution in [0.25, 0.3) is 0 Å². The molecule has 3 N–H and O–H groups in total. The molecule has 1 aliphatic heterocycles. The van der Waals surface area contributed by atoms with E-state index in [1.807, 2.05) is 13.0 Å². The number of hydrogen-bond donors (Lipinski definition) is 2. The minimum atomic E-state index is -0.0714.